The quantitative estimate of drug-likeness (QED) is 0.824. The summed E-state index contributed by atoms with van der Waals surface area (Å²) in [6.45, 7) is 4.21. The maximum atomic E-state index is 12.8. The average molecular weight is 238 g/mol. The molecule has 2 aromatic heterocycles. The lowest BCUT2D eigenvalue weighted by Crippen LogP contribution is -1.96. The number of aryl methyl sites for hydroxylation is 2. The molecule has 3 nitrogen and oxygen atoms in total. The highest BCUT2D eigenvalue weighted by molar-refractivity contribution is 7.13. The summed E-state index contributed by atoms with van der Waals surface area (Å²) in [6.07, 6.45) is 2.75. The Morgan fingerprint density at radius 2 is 2.19 bits per heavy atom. The van der Waals surface area contributed by atoms with Crippen LogP contribution >= 0.6 is 11.3 Å². The molecule has 0 bridgehead atoms. The number of aromatic nitrogens is 2. The monoisotopic (exact) mass is 238 g/mol. The van der Waals surface area contributed by atoms with Crippen molar-refractivity contribution in [2.24, 2.45) is 0 Å². The second kappa shape index (κ2) is 4.57. The Hall–Kier alpha value is -1.49. The van der Waals surface area contributed by atoms with Crippen LogP contribution in [0, 0.1) is 19.7 Å². The van der Waals surface area contributed by atoms with E-state index in [0.29, 0.717) is 10.8 Å². The molecule has 0 spiro atoms. The summed E-state index contributed by atoms with van der Waals surface area (Å²) in [5.74, 6) is -0.354. The molecule has 0 fully saturated rings. The highest BCUT2D eigenvalue weighted by Gasteiger charge is 2.05. The molecule has 16 heavy (non-hydrogen) atoms. The zero-order valence-corrected chi connectivity index (χ0v) is 9.84. The van der Waals surface area contributed by atoms with Gasteiger partial charge in [0.15, 0.2) is 0 Å². The molecular weight excluding hydrogens is 227 g/mol. The maximum absolute atomic E-state index is 12.8. The van der Waals surface area contributed by atoms with Crippen molar-refractivity contribution in [3.8, 4) is 5.19 Å². The number of halogens is 1. The second-order valence-corrected chi connectivity index (χ2v) is 4.59. The normalized spacial score (nSPS) is 10.4. The topological polar surface area (TPSA) is 35.0 Å². The number of pyridine rings is 1. The van der Waals surface area contributed by atoms with Gasteiger partial charge < -0.3 is 4.74 Å². The van der Waals surface area contributed by atoms with Crippen molar-refractivity contribution >= 4 is 11.3 Å². The molecule has 0 aromatic carbocycles. The van der Waals surface area contributed by atoms with E-state index in [2.05, 4.69) is 9.97 Å². The highest BCUT2D eigenvalue weighted by Crippen LogP contribution is 2.24. The van der Waals surface area contributed by atoms with Gasteiger partial charge in [0.2, 0.25) is 0 Å². The molecule has 2 aromatic rings. The number of rotatable bonds is 3. The van der Waals surface area contributed by atoms with Crippen LogP contribution in [0.25, 0.3) is 0 Å². The van der Waals surface area contributed by atoms with Gasteiger partial charge in [0.25, 0.3) is 5.19 Å². The molecule has 0 saturated heterocycles. The van der Waals surface area contributed by atoms with Crippen LogP contribution in [0.1, 0.15) is 16.1 Å². The Kier molecular flexibility index (Phi) is 3.14. The van der Waals surface area contributed by atoms with Crippen molar-refractivity contribution in [2.45, 2.75) is 20.5 Å². The van der Waals surface area contributed by atoms with Gasteiger partial charge in [0.1, 0.15) is 12.4 Å². The van der Waals surface area contributed by atoms with Crippen molar-refractivity contribution in [2.75, 3.05) is 0 Å². The SMILES string of the molecule is Cc1nc(OCc2cncc(F)c2)sc1C. The number of ether oxygens (including phenoxy) is 1. The molecule has 0 amide bonds. The molecular formula is C11H11FN2OS. The largest absolute Gasteiger partial charge is 0.465 e. The predicted molar refractivity (Wildman–Crippen MR) is 60.1 cm³/mol. The smallest absolute Gasteiger partial charge is 0.273 e. The van der Waals surface area contributed by atoms with E-state index in [1.54, 1.807) is 6.20 Å². The van der Waals surface area contributed by atoms with Gasteiger partial charge in [-0.05, 0) is 19.9 Å². The van der Waals surface area contributed by atoms with Gasteiger partial charge in [0.05, 0.1) is 11.9 Å². The van der Waals surface area contributed by atoms with Gasteiger partial charge in [-0.1, -0.05) is 11.3 Å². The molecule has 0 N–H and O–H groups in total. The van der Waals surface area contributed by atoms with Crippen LogP contribution in [0.5, 0.6) is 5.19 Å². The van der Waals surface area contributed by atoms with Crippen LogP contribution in [-0.2, 0) is 6.61 Å². The first-order valence-corrected chi connectivity index (χ1v) is 5.63. The van der Waals surface area contributed by atoms with Crippen LogP contribution < -0.4 is 4.74 Å². The first-order valence-electron chi connectivity index (χ1n) is 4.81. The van der Waals surface area contributed by atoms with Crippen LogP contribution in [0.15, 0.2) is 18.5 Å². The molecule has 0 unspecified atom stereocenters. The number of hydrogen-bond acceptors (Lipinski definition) is 4. The standard InChI is InChI=1S/C11H11FN2OS/c1-7-8(2)16-11(14-7)15-6-9-3-10(12)5-13-4-9/h3-5H,6H2,1-2H3. The summed E-state index contributed by atoms with van der Waals surface area (Å²) in [5.41, 5.74) is 1.67. The summed E-state index contributed by atoms with van der Waals surface area (Å²) >= 11 is 1.49. The van der Waals surface area contributed by atoms with E-state index in [9.17, 15) is 4.39 Å². The molecule has 5 heteroatoms. The van der Waals surface area contributed by atoms with Gasteiger partial charge >= 0.3 is 0 Å². The molecule has 0 atom stereocenters. The second-order valence-electron chi connectivity index (χ2n) is 3.42. The number of hydrogen-bond donors (Lipinski definition) is 0. The van der Waals surface area contributed by atoms with E-state index in [1.165, 1.54) is 23.6 Å². The third kappa shape index (κ3) is 2.55. The van der Waals surface area contributed by atoms with Gasteiger partial charge in [-0.25, -0.2) is 9.37 Å². The molecule has 0 saturated carbocycles. The minimum atomic E-state index is -0.354. The molecule has 2 heterocycles. The van der Waals surface area contributed by atoms with Crippen molar-refractivity contribution in [3.63, 3.8) is 0 Å². The average Bonchev–Trinajstić information content (AvgIpc) is 2.56. The minimum Gasteiger partial charge on any atom is -0.465 e. The van der Waals surface area contributed by atoms with E-state index >= 15 is 0 Å². The first-order chi connectivity index (χ1) is 7.65. The summed E-state index contributed by atoms with van der Waals surface area (Å²) in [5, 5.41) is 0.610. The van der Waals surface area contributed by atoms with Crippen molar-refractivity contribution in [3.05, 3.63) is 40.4 Å². The Morgan fingerprint density at radius 1 is 1.38 bits per heavy atom. The molecule has 0 aliphatic rings. The third-order valence-electron chi connectivity index (χ3n) is 2.13. The highest BCUT2D eigenvalue weighted by atomic mass is 32.1. The first kappa shape index (κ1) is 11.0. The van der Waals surface area contributed by atoms with Crippen LogP contribution in [0.2, 0.25) is 0 Å². The fourth-order valence-electron chi connectivity index (χ4n) is 1.18. The fraction of sp³-hybridized carbons (Fsp3) is 0.273. The summed E-state index contributed by atoms with van der Waals surface area (Å²) in [4.78, 5) is 9.11. The lowest BCUT2D eigenvalue weighted by molar-refractivity contribution is 0.303. The Balaban J connectivity index is 2.02. The van der Waals surface area contributed by atoms with Crippen LogP contribution in [-0.4, -0.2) is 9.97 Å². The maximum Gasteiger partial charge on any atom is 0.273 e. The predicted octanol–water partition coefficient (Wildman–Crippen LogP) is 2.87. The minimum absolute atomic E-state index is 0.289. The summed E-state index contributed by atoms with van der Waals surface area (Å²) in [7, 11) is 0. The van der Waals surface area contributed by atoms with E-state index in [0.717, 1.165) is 10.6 Å². The van der Waals surface area contributed by atoms with E-state index in [4.69, 9.17) is 4.74 Å². The Bertz CT molecular complexity index is 479. The van der Waals surface area contributed by atoms with Gasteiger partial charge in [-0.3, -0.25) is 4.98 Å². The van der Waals surface area contributed by atoms with Crippen LogP contribution in [0.4, 0.5) is 4.39 Å². The Labute approximate surface area is 96.9 Å². The molecule has 0 aliphatic carbocycles. The molecule has 0 aliphatic heterocycles. The zero-order valence-electron chi connectivity index (χ0n) is 9.03. The summed E-state index contributed by atoms with van der Waals surface area (Å²) < 4.78 is 18.3. The fourth-order valence-corrected chi connectivity index (χ4v) is 1.94. The van der Waals surface area contributed by atoms with Crippen molar-refractivity contribution in [1.29, 1.82) is 0 Å². The number of nitrogens with zero attached hydrogens (tertiary/aromatic N) is 2. The van der Waals surface area contributed by atoms with Crippen molar-refractivity contribution in [1.82, 2.24) is 9.97 Å². The van der Waals surface area contributed by atoms with Crippen molar-refractivity contribution < 1.29 is 9.13 Å². The Morgan fingerprint density at radius 3 is 2.81 bits per heavy atom. The lowest BCUT2D eigenvalue weighted by atomic mass is 10.3. The molecule has 84 valence electrons. The zero-order chi connectivity index (χ0) is 11.5. The van der Waals surface area contributed by atoms with Gasteiger partial charge in [-0.2, -0.15) is 0 Å². The summed E-state index contributed by atoms with van der Waals surface area (Å²) in [6, 6.07) is 1.40. The van der Waals surface area contributed by atoms with E-state index < -0.39 is 0 Å². The van der Waals surface area contributed by atoms with E-state index in [-0.39, 0.29) is 12.4 Å². The van der Waals surface area contributed by atoms with E-state index in [1.807, 2.05) is 13.8 Å². The number of thiazole rings is 1. The van der Waals surface area contributed by atoms with Crippen LogP contribution in [0.3, 0.4) is 0 Å². The lowest BCUT2D eigenvalue weighted by Gasteiger charge is -2.01. The van der Waals surface area contributed by atoms with Gasteiger partial charge in [0, 0.05) is 16.6 Å². The van der Waals surface area contributed by atoms with Gasteiger partial charge in [-0.15, -0.1) is 0 Å². The molecule has 2 rings (SSSR count). The third-order valence-corrected chi connectivity index (χ3v) is 3.12. The molecule has 0 radical (unpaired) electrons.